The van der Waals surface area contributed by atoms with Gasteiger partial charge < -0.3 is 14.9 Å². The molecular formula is C16H25NO3. The number of aromatic hydroxyl groups is 2. The monoisotopic (exact) mass is 279 g/mol. The average molecular weight is 279 g/mol. The molecule has 1 saturated heterocycles. The number of hydrogen-bond donors (Lipinski definition) is 2. The zero-order chi connectivity index (χ0) is 14.9. The molecule has 4 nitrogen and oxygen atoms in total. The lowest BCUT2D eigenvalue weighted by molar-refractivity contribution is -0.0214. The number of ether oxygens (including phenoxy) is 1. The van der Waals surface area contributed by atoms with E-state index in [0.29, 0.717) is 13.2 Å². The number of hydrogen-bond acceptors (Lipinski definition) is 4. The Morgan fingerprint density at radius 2 is 2.00 bits per heavy atom. The fourth-order valence-corrected chi connectivity index (χ4v) is 2.51. The summed E-state index contributed by atoms with van der Waals surface area (Å²) >= 11 is 0. The van der Waals surface area contributed by atoms with Gasteiger partial charge in [-0.25, -0.2) is 0 Å². The van der Waals surface area contributed by atoms with Crippen molar-refractivity contribution in [2.45, 2.75) is 45.8 Å². The van der Waals surface area contributed by atoms with E-state index < -0.39 is 0 Å². The van der Waals surface area contributed by atoms with E-state index in [2.05, 4.69) is 32.6 Å². The summed E-state index contributed by atoms with van der Waals surface area (Å²) in [4.78, 5) is 2.25. The Hall–Kier alpha value is -1.26. The molecule has 1 atom stereocenters. The van der Waals surface area contributed by atoms with Crippen LogP contribution in [0.15, 0.2) is 12.1 Å². The smallest absolute Gasteiger partial charge is 0.162 e. The van der Waals surface area contributed by atoms with Gasteiger partial charge in [-0.3, -0.25) is 4.90 Å². The van der Waals surface area contributed by atoms with E-state index in [0.717, 1.165) is 24.2 Å². The maximum Gasteiger partial charge on any atom is 0.162 e. The summed E-state index contributed by atoms with van der Waals surface area (Å²) in [6.07, 6.45) is 0.213. The Balaban J connectivity index is 2.24. The highest BCUT2D eigenvalue weighted by Crippen LogP contribution is 2.35. The lowest BCUT2D eigenvalue weighted by Gasteiger charge is -2.31. The first-order chi connectivity index (χ1) is 9.27. The molecule has 1 aliphatic heterocycles. The van der Waals surface area contributed by atoms with E-state index in [4.69, 9.17) is 4.74 Å². The number of phenols is 2. The summed E-state index contributed by atoms with van der Waals surface area (Å²) < 4.78 is 5.52. The highest BCUT2D eigenvalue weighted by molar-refractivity contribution is 5.49. The molecule has 0 aliphatic carbocycles. The van der Waals surface area contributed by atoms with Crippen LogP contribution in [-0.4, -0.2) is 40.9 Å². The largest absolute Gasteiger partial charge is 0.504 e. The average Bonchev–Trinajstić information content (AvgIpc) is 2.33. The van der Waals surface area contributed by atoms with Crippen LogP contribution in [-0.2, 0) is 16.7 Å². The summed E-state index contributed by atoms with van der Waals surface area (Å²) in [5, 5.41) is 20.0. The van der Waals surface area contributed by atoms with Crippen LogP contribution >= 0.6 is 0 Å². The van der Waals surface area contributed by atoms with Crippen molar-refractivity contribution in [1.82, 2.24) is 4.90 Å². The second kappa shape index (κ2) is 5.62. The summed E-state index contributed by atoms with van der Waals surface area (Å²) in [7, 11) is 0. The van der Waals surface area contributed by atoms with Crippen LogP contribution in [0.4, 0.5) is 0 Å². The molecule has 2 rings (SSSR count). The van der Waals surface area contributed by atoms with Crippen LogP contribution in [0, 0.1) is 0 Å². The van der Waals surface area contributed by atoms with Gasteiger partial charge in [-0.05, 0) is 24.0 Å². The van der Waals surface area contributed by atoms with Crippen molar-refractivity contribution in [3.05, 3.63) is 23.3 Å². The van der Waals surface area contributed by atoms with E-state index in [1.165, 1.54) is 0 Å². The van der Waals surface area contributed by atoms with Gasteiger partial charge in [0, 0.05) is 25.2 Å². The first-order valence-electron chi connectivity index (χ1n) is 7.16. The second-order valence-corrected chi connectivity index (χ2v) is 6.67. The lowest BCUT2D eigenvalue weighted by atomic mass is 9.85. The minimum absolute atomic E-state index is 0.00264. The SMILES string of the molecule is C[C@@H]1CN(Cc2cc(C(C)(C)C)cc(O)c2O)CCO1. The van der Waals surface area contributed by atoms with Gasteiger partial charge in [0.05, 0.1) is 12.7 Å². The third-order valence-electron chi connectivity index (χ3n) is 3.75. The second-order valence-electron chi connectivity index (χ2n) is 6.67. The van der Waals surface area contributed by atoms with Crippen LogP contribution in [0.1, 0.15) is 38.8 Å². The first-order valence-corrected chi connectivity index (χ1v) is 7.16. The van der Waals surface area contributed by atoms with Crippen LogP contribution in [0.25, 0.3) is 0 Å². The molecule has 0 unspecified atom stereocenters. The fourth-order valence-electron chi connectivity index (χ4n) is 2.51. The molecule has 0 radical (unpaired) electrons. The van der Waals surface area contributed by atoms with Crippen molar-refractivity contribution >= 4 is 0 Å². The van der Waals surface area contributed by atoms with Gasteiger partial charge in [0.25, 0.3) is 0 Å². The molecule has 20 heavy (non-hydrogen) atoms. The van der Waals surface area contributed by atoms with Gasteiger partial charge in [0.15, 0.2) is 11.5 Å². The van der Waals surface area contributed by atoms with Crippen molar-refractivity contribution in [2.24, 2.45) is 0 Å². The lowest BCUT2D eigenvalue weighted by Crippen LogP contribution is -2.40. The zero-order valence-corrected chi connectivity index (χ0v) is 12.8. The quantitative estimate of drug-likeness (QED) is 0.817. The maximum absolute atomic E-state index is 10.1. The first kappa shape index (κ1) is 15.1. The van der Waals surface area contributed by atoms with Gasteiger partial charge in [-0.15, -0.1) is 0 Å². The molecule has 1 aromatic rings. The van der Waals surface area contributed by atoms with E-state index in [9.17, 15) is 10.2 Å². The van der Waals surface area contributed by atoms with Crippen molar-refractivity contribution in [3.63, 3.8) is 0 Å². The number of morpholine rings is 1. The number of benzene rings is 1. The van der Waals surface area contributed by atoms with E-state index in [1.807, 2.05) is 6.07 Å². The molecular weight excluding hydrogens is 254 g/mol. The minimum atomic E-state index is -0.0573. The molecule has 1 heterocycles. The molecule has 1 fully saturated rings. The minimum Gasteiger partial charge on any atom is -0.504 e. The summed E-state index contributed by atoms with van der Waals surface area (Å²) in [6.45, 7) is 11.4. The number of phenolic OH excluding ortho intramolecular Hbond substituents is 2. The number of nitrogens with zero attached hydrogens (tertiary/aromatic N) is 1. The van der Waals surface area contributed by atoms with Crippen molar-refractivity contribution < 1.29 is 14.9 Å². The van der Waals surface area contributed by atoms with Crippen LogP contribution in [0.5, 0.6) is 11.5 Å². The fraction of sp³-hybridized carbons (Fsp3) is 0.625. The molecule has 0 aromatic heterocycles. The van der Waals surface area contributed by atoms with Crippen molar-refractivity contribution in [1.29, 1.82) is 0 Å². The van der Waals surface area contributed by atoms with Gasteiger partial charge in [0.2, 0.25) is 0 Å². The predicted octanol–water partition coefficient (Wildman–Crippen LogP) is 2.62. The van der Waals surface area contributed by atoms with Crippen molar-refractivity contribution in [2.75, 3.05) is 19.7 Å². The van der Waals surface area contributed by atoms with E-state index in [-0.39, 0.29) is 23.0 Å². The van der Waals surface area contributed by atoms with Crippen molar-refractivity contribution in [3.8, 4) is 11.5 Å². The Morgan fingerprint density at radius 3 is 2.60 bits per heavy atom. The van der Waals surface area contributed by atoms with E-state index >= 15 is 0 Å². The van der Waals surface area contributed by atoms with Crippen LogP contribution < -0.4 is 0 Å². The third-order valence-corrected chi connectivity index (χ3v) is 3.75. The highest BCUT2D eigenvalue weighted by atomic mass is 16.5. The maximum atomic E-state index is 10.1. The summed E-state index contributed by atoms with van der Waals surface area (Å²) in [5.41, 5.74) is 1.76. The molecule has 2 N–H and O–H groups in total. The van der Waals surface area contributed by atoms with Gasteiger partial charge in [0.1, 0.15) is 0 Å². The van der Waals surface area contributed by atoms with Crippen LogP contribution in [0.2, 0.25) is 0 Å². The van der Waals surface area contributed by atoms with E-state index in [1.54, 1.807) is 6.07 Å². The molecule has 1 aliphatic rings. The molecule has 0 bridgehead atoms. The third kappa shape index (κ3) is 3.44. The van der Waals surface area contributed by atoms with Gasteiger partial charge in [-0.1, -0.05) is 26.8 Å². The molecule has 0 spiro atoms. The normalized spacial score (nSPS) is 21.1. The number of rotatable bonds is 2. The molecule has 0 amide bonds. The Kier molecular flexibility index (Phi) is 4.25. The Labute approximate surface area is 121 Å². The molecule has 1 aromatic carbocycles. The molecule has 112 valence electrons. The van der Waals surface area contributed by atoms with Gasteiger partial charge in [-0.2, -0.15) is 0 Å². The zero-order valence-electron chi connectivity index (χ0n) is 12.8. The molecule has 0 saturated carbocycles. The topological polar surface area (TPSA) is 52.9 Å². The molecule has 4 heteroatoms. The Morgan fingerprint density at radius 1 is 1.30 bits per heavy atom. The van der Waals surface area contributed by atoms with Gasteiger partial charge >= 0.3 is 0 Å². The summed E-state index contributed by atoms with van der Waals surface area (Å²) in [5.74, 6) is -0.0362. The standard InChI is InChI=1S/C16H25NO3/c1-11-9-17(5-6-20-11)10-12-7-13(16(2,3)4)8-14(18)15(12)19/h7-8,11,18-19H,5-6,9-10H2,1-4H3/t11-/m1/s1. The van der Waals surface area contributed by atoms with Crippen LogP contribution in [0.3, 0.4) is 0 Å². The summed E-state index contributed by atoms with van der Waals surface area (Å²) in [6, 6.07) is 3.65. The predicted molar refractivity (Wildman–Crippen MR) is 79.2 cm³/mol. The Bertz CT molecular complexity index is 479. The highest BCUT2D eigenvalue weighted by Gasteiger charge is 2.22.